The smallest absolute Gasteiger partial charge is 0.270 e. The molecule has 3 N–H and O–H groups in total. The Labute approximate surface area is 144 Å². The van der Waals surface area contributed by atoms with Gasteiger partial charge >= 0.3 is 0 Å². The van der Waals surface area contributed by atoms with Crippen LogP contribution in [0.15, 0.2) is 30.6 Å². The van der Waals surface area contributed by atoms with Crippen LogP contribution in [0.3, 0.4) is 0 Å². The third kappa shape index (κ3) is 4.10. The summed E-state index contributed by atoms with van der Waals surface area (Å²) in [6.07, 6.45) is 4.93. The maximum absolute atomic E-state index is 11.7. The summed E-state index contributed by atoms with van der Waals surface area (Å²) in [4.78, 5) is 27.4. The molecule has 1 saturated carbocycles. The summed E-state index contributed by atoms with van der Waals surface area (Å²) in [6.45, 7) is 4.01. The van der Waals surface area contributed by atoms with E-state index in [1.165, 1.54) is 23.3 Å². The average Bonchev–Trinajstić information content (AvgIpc) is 3.13. The lowest BCUT2D eigenvalue weighted by molar-refractivity contribution is -0.134. The molecule has 2 aromatic rings. The Bertz CT molecular complexity index is 831. The van der Waals surface area contributed by atoms with Gasteiger partial charge in [0.25, 0.3) is 11.8 Å². The van der Waals surface area contributed by atoms with Gasteiger partial charge in [0.05, 0.1) is 0 Å². The molecule has 3 rings (SSSR count). The van der Waals surface area contributed by atoms with Gasteiger partial charge in [0.15, 0.2) is 5.82 Å². The van der Waals surface area contributed by atoms with Crippen molar-refractivity contribution in [1.82, 2.24) is 25.6 Å². The van der Waals surface area contributed by atoms with Gasteiger partial charge in [-0.2, -0.15) is 0 Å². The SMILES string of the molecule is Cc1cc(C)cc(-c2ncn(/C=C\C(=O)NNC(=O)C3(O)CC3)n2)c1. The lowest BCUT2D eigenvalue weighted by Crippen LogP contribution is -2.46. The lowest BCUT2D eigenvalue weighted by Gasteiger charge is -2.08. The number of carbonyl (C=O) groups excluding carboxylic acids is 2. The highest BCUT2D eigenvalue weighted by Gasteiger charge is 2.48. The van der Waals surface area contributed by atoms with Gasteiger partial charge in [-0.3, -0.25) is 20.4 Å². The fraction of sp³-hybridized carbons (Fsp3) is 0.294. The maximum Gasteiger partial charge on any atom is 0.270 e. The molecule has 1 aromatic carbocycles. The number of hydrogen-bond acceptors (Lipinski definition) is 5. The minimum Gasteiger partial charge on any atom is -0.380 e. The predicted molar refractivity (Wildman–Crippen MR) is 90.7 cm³/mol. The number of aromatic nitrogens is 3. The molecular weight excluding hydrogens is 322 g/mol. The maximum atomic E-state index is 11.7. The molecule has 0 aliphatic heterocycles. The molecule has 0 spiro atoms. The molecule has 8 heteroatoms. The standard InChI is InChI=1S/C17H19N5O3/c1-11-7-12(2)9-13(8-11)15-18-10-22(21-15)6-3-14(23)19-20-16(24)17(25)4-5-17/h3,6-10,25H,4-5H2,1-2H3,(H,19,23)(H,20,24)/b6-3-. The molecule has 0 atom stereocenters. The van der Waals surface area contributed by atoms with Crippen molar-refractivity contribution >= 4 is 18.0 Å². The van der Waals surface area contributed by atoms with Crippen LogP contribution >= 0.6 is 0 Å². The lowest BCUT2D eigenvalue weighted by atomic mass is 10.1. The molecule has 1 fully saturated rings. The van der Waals surface area contributed by atoms with E-state index in [2.05, 4.69) is 27.0 Å². The molecule has 130 valence electrons. The number of amides is 2. The summed E-state index contributed by atoms with van der Waals surface area (Å²) in [5.41, 5.74) is 6.20. The largest absolute Gasteiger partial charge is 0.380 e. The predicted octanol–water partition coefficient (Wildman–Crippen LogP) is 0.705. The zero-order valence-corrected chi connectivity index (χ0v) is 14.0. The highest BCUT2D eigenvalue weighted by Crippen LogP contribution is 2.34. The van der Waals surface area contributed by atoms with Crippen molar-refractivity contribution in [3.05, 3.63) is 41.7 Å². The van der Waals surface area contributed by atoms with Crippen molar-refractivity contribution in [1.29, 1.82) is 0 Å². The molecule has 0 radical (unpaired) electrons. The summed E-state index contributed by atoms with van der Waals surface area (Å²) in [7, 11) is 0. The van der Waals surface area contributed by atoms with Crippen molar-refractivity contribution < 1.29 is 14.7 Å². The first-order valence-corrected chi connectivity index (χ1v) is 7.86. The Morgan fingerprint density at radius 3 is 2.52 bits per heavy atom. The molecule has 25 heavy (non-hydrogen) atoms. The number of benzene rings is 1. The van der Waals surface area contributed by atoms with E-state index in [4.69, 9.17) is 0 Å². The van der Waals surface area contributed by atoms with Crippen LogP contribution < -0.4 is 10.9 Å². The molecule has 0 bridgehead atoms. The Hall–Kier alpha value is -3.00. The Kier molecular flexibility index (Phi) is 4.37. The van der Waals surface area contributed by atoms with Gasteiger partial charge in [0, 0.05) is 17.8 Å². The first-order chi connectivity index (χ1) is 11.9. The van der Waals surface area contributed by atoms with E-state index in [-0.39, 0.29) is 0 Å². The molecule has 1 aliphatic rings. The molecule has 1 aromatic heterocycles. The number of nitrogens with zero attached hydrogens (tertiary/aromatic N) is 3. The van der Waals surface area contributed by atoms with E-state index in [1.807, 2.05) is 26.0 Å². The number of hydrogen-bond donors (Lipinski definition) is 3. The molecular formula is C17H19N5O3. The van der Waals surface area contributed by atoms with Crippen LogP contribution in [0.2, 0.25) is 0 Å². The van der Waals surface area contributed by atoms with Crippen molar-refractivity contribution in [2.45, 2.75) is 32.3 Å². The van der Waals surface area contributed by atoms with Crippen LogP contribution in [-0.4, -0.2) is 37.3 Å². The van der Waals surface area contributed by atoms with E-state index < -0.39 is 17.4 Å². The van der Waals surface area contributed by atoms with Gasteiger partial charge in [-0.15, -0.1) is 5.10 Å². The van der Waals surface area contributed by atoms with Crippen molar-refractivity contribution in [2.24, 2.45) is 0 Å². The van der Waals surface area contributed by atoms with Crippen LogP contribution in [0.5, 0.6) is 0 Å². The van der Waals surface area contributed by atoms with Crippen LogP contribution in [0.1, 0.15) is 24.0 Å². The number of carbonyl (C=O) groups is 2. The second kappa shape index (κ2) is 6.48. The molecule has 8 nitrogen and oxygen atoms in total. The first-order valence-electron chi connectivity index (χ1n) is 7.86. The van der Waals surface area contributed by atoms with E-state index >= 15 is 0 Å². The summed E-state index contributed by atoms with van der Waals surface area (Å²) in [5, 5.41) is 13.9. The second-order valence-electron chi connectivity index (χ2n) is 6.22. The van der Waals surface area contributed by atoms with Crippen LogP contribution in [0.25, 0.3) is 17.6 Å². The van der Waals surface area contributed by atoms with Gasteiger partial charge in [0.1, 0.15) is 11.9 Å². The third-order valence-electron chi connectivity index (χ3n) is 3.81. The van der Waals surface area contributed by atoms with Gasteiger partial charge in [-0.05, 0) is 38.8 Å². The van der Waals surface area contributed by atoms with Gasteiger partial charge in [-0.25, -0.2) is 9.67 Å². The normalized spacial score (nSPS) is 15.2. The van der Waals surface area contributed by atoms with Crippen molar-refractivity contribution in [2.75, 3.05) is 0 Å². The monoisotopic (exact) mass is 341 g/mol. The van der Waals surface area contributed by atoms with Gasteiger partial charge < -0.3 is 5.11 Å². The quantitative estimate of drug-likeness (QED) is 0.560. The summed E-state index contributed by atoms with van der Waals surface area (Å²) in [5.74, 6) is -0.589. The topological polar surface area (TPSA) is 109 Å². The molecule has 0 unspecified atom stereocenters. The summed E-state index contributed by atoms with van der Waals surface area (Å²) >= 11 is 0. The fourth-order valence-corrected chi connectivity index (χ4v) is 2.35. The third-order valence-corrected chi connectivity index (χ3v) is 3.81. The molecule has 1 heterocycles. The number of aliphatic hydroxyl groups is 1. The van der Waals surface area contributed by atoms with Crippen molar-refractivity contribution in [3.8, 4) is 11.4 Å². The Morgan fingerprint density at radius 2 is 1.88 bits per heavy atom. The van der Waals surface area contributed by atoms with Crippen LogP contribution in [-0.2, 0) is 9.59 Å². The average molecular weight is 341 g/mol. The fourth-order valence-electron chi connectivity index (χ4n) is 2.35. The number of rotatable bonds is 4. The summed E-state index contributed by atoms with van der Waals surface area (Å²) < 4.78 is 1.41. The van der Waals surface area contributed by atoms with Crippen LogP contribution in [0.4, 0.5) is 0 Å². The van der Waals surface area contributed by atoms with E-state index in [9.17, 15) is 14.7 Å². The minimum atomic E-state index is -1.33. The number of aryl methyl sites for hydroxylation is 2. The van der Waals surface area contributed by atoms with Crippen LogP contribution in [0, 0.1) is 13.8 Å². The first kappa shape index (κ1) is 16.8. The van der Waals surface area contributed by atoms with E-state index in [1.54, 1.807) is 0 Å². The van der Waals surface area contributed by atoms with Crippen molar-refractivity contribution in [3.63, 3.8) is 0 Å². The number of hydrazine groups is 1. The zero-order valence-electron chi connectivity index (χ0n) is 14.0. The van der Waals surface area contributed by atoms with E-state index in [0.717, 1.165) is 16.7 Å². The van der Waals surface area contributed by atoms with Gasteiger partial charge in [-0.1, -0.05) is 17.2 Å². The summed E-state index contributed by atoms with van der Waals surface area (Å²) in [6, 6.07) is 6.04. The number of nitrogens with one attached hydrogen (secondary N) is 2. The van der Waals surface area contributed by atoms with Gasteiger partial charge in [0.2, 0.25) is 0 Å². The second-order valence-corrected chi connectivity index (χ2v) is 6.22. The molecule has 0 saturated heterocycles. The molecule has 2 amide bonds. The minimum absolute atomic E-state index is 0.407. The highest BCUT2D eigenvalue weighted by atomic mass is 16.3. The van der Waals surface area contributed by atoms with E-state index in [0.29, 0.717) is 18.7 Å². The Morgan fingerprint density at radius 1 is 1.20 bits per heavy atom. The zero-order chi connectivity index (χ0) is 18.0. The highest BCUT2D eigenvalue weighted by molar-refractivity contribution is 5.94. The molecule has 1 aliphatic carbocycles. The Balaban J connectivity index is 1.59.